The molecule has 1 unspecified atom stereocenters. The molecule has 164 valence electrons. The zero-order valence-electron chi connectivity index (χ0n) is 18.3. The number of fused-ring (bicyclic) bond motifs is 1. The number of rotatable bonds is 5. The van der Waals surface area contributed by atoms with Gasteiger partial charge in [-0.25, -0.2) is 14.0 Å². The van der Waals surface area contributed by atoms with Crippen LogP contribution in [0.15, 0.2) is 10.4 Å². The first kappa shape index (κ1) is 22.7. The molecule has 7 nitrogen and oxygen atoms in total. The smallest absolute Gasteiger partial charge is 0.330 e. The molecule has 0 fully saturated rings. The number of nitrogens with one attached hydrogen (secondary N) is 2. The van der Waals surface area contributed by atoms with Crippen LogP contribution in [-0.4, -0.2) is 30.7 Å². The van der Waals surface area contributed by atoms with Gasteiger partial charge in [0.1, 0.15) is 14.8 Å². The molecule has 2 heterocycles. The minimum absolute atomic E-state index is 0.191. The minimum Gasteiger partial charge on any atom is -0.383 e. The monoisotopic (exact) mass is 450 g/mol. The molecule has 0 spiro atoms. The maximum atomic E-state index is 13.5. The number of anilines is 1. The molecule has 0 aromatic carbocycles. The molecule has 1 atom stereocenters. The number of thiazole rings is 1. The molecule has 0 radical (unpaired) electrons. The third kappa shape index (κ3) is 4.38. The molecule has 0 bridgehead atoms. The van der Waals surface area contributed by atoms with E-state index in [9.17, 15) is 14.1 Å². The second kappa shape index (κ2) is 8.28. The molecule has 3 rings (SSSR count). The van der Waals surface area contributed by atoms with Gasteiger partial charge in [0.25, 0.3) is 0 Å². The van der Waals surface area contributed by atoms with Crippen molar-refractivity contribution in [2.24, 2.45) is 0 Å². The fraction of sp³-hybridized carbons (Fsp3) is 0.524. The normalized spacial score (nSPS) is 15.6. The zero-order valence-corrected chi connectivity index (χ0v) is 20.0. The Hall–Kier alpha value is -1.97. The van der Waals surface area contributed by atoms with Crippen LogP contribution in [0.1, 0.15) is 74.5 Å². The lowest BCUT2D eigenvalue weighted by Crippen LogP contribution is -2.35. The Bertz CT molecular complexity index is 1090. The summed E-state index contributed by atoms with van der Waals surface area (Å²) >= 11 is 1.13. The minimum atomic E-state index is -2.98. The average molecular weight is 451 g/mol. The maximum absolute atomic E-state index is 13.5. The first-order valence-corrected chi connectivity index (χ1v) is 12.5. The summed E-state index contributed by atoms with van der Waals surface area (Å²) in [7, 11) is -2.98. The lowest BCUT2D eigenvalue weighted by Gasteiger charge is -2.21. The largest absolute Gasteiger partial charge is 0.383 e. The Morgan fingerprint density at radius 2 is 2.07 bits per heavy atom. The van der Waals surface area contributed by atoms with Gasteiger partial charge in [-0.3, -0.25) is 9.71 Å². The Balaban J connectivity index is 1.92. The summed E-state index contributed by atoms with van der Waals surface area (Å²) in [6.45, 7) is 11.0. The van der Waals surface area contributed by atoms with Crippen LogP contribution >= 0.6 is 11.3 Å². The van der Waals surface area contributed by atoms with E-state index in [2.05, 4.69) is 28.9 Å². The summed E-state index contributed by atoms with van der Waals surface area (Å²) in [5, 5.41) is 15.0. The number of carbonyl (C=O) groups excluding carboxylic acids is 1. The summed E-state index contributed by atoms with van der Waals surface area (Å²) in [5.74, 6) is 0.191. The van der Waals surface area contributed by atoms with Gasteiger partial charge in [-0.2, -0.15) is 0 Å². The van der Waals surface area contributed by atoms with Gasteiger partial charge in [0.05, 0.1) is 21.6 Å². The fourth-order valence-corrected chi connectivity index (χ4v) is 6.54. The summed E-state index contributed by atoms with van der Waals surface area (Å²) in [5.41, 5.74) is 3.70. The van der Waals surface area contributed by atoms with E-state index >= 15 is 0 Å². The summed E-state index contributed by atoms with van der Waals surface area (Å²) in [4.78, 5) is 21.9. The SMILES string of the molecule is CC=S(=O)(NC(=O)Nc1c2c(nc(C)c1C(C)C)CCC2)c1cnc(C(C)(C)O)s1. The van der Waals surface area contributed by atoms with Crippen LogP contribution < -0.4 is 10.0 Å². The highest BCUT2D eigenvalue weighted by Gasteiger charge is 2.27. The Morgan fingerprint density at radius 3 is 2.63 bits per heavy atom. The third-order valence-corrected chi connectivity index (χ3v) is 9.10. The van der Waals surface area contributed by atoms with E-state index in [0.29, 0.717) is 9.22 Å². The van der Waals surface area contributed by atoms with Gasteiger partial charge in [0.2, 0.25) is 0 Å². The Morgan fingerprint density at radius 1 is 1.37 bits per heavy atom. The van der Waals surface area contributed by atoms with Crippen molar-refractivity contribution in [3.05, 3.63) is 33.7 Å². The van der Waals surface area contributed by atoms with Crippen molar-refractivity contribution in [3.8, 4) is 0 Å². The molecule has 9 heteroatoms. The fourth-order valence-electron chi connectivity index (χ4n) is 3.76. The second-order valence-electron chi connectivity index (χ2n) is 8.36. The predicted octanol–water partition coefficient (Wildman–Crippen LogP) is 3.89. The van der Waals surface area contributed by atoms with E-state index in [1.54, 1.807) is 20.8 Å². The molecule has 1 aliphatic carbocycles. The predicted molar refractivity (Wildman–Crippen MR) is 123 cm³/mol. The lowest BCUT2D eigenvalue weighted by molar-refractivity contribution is 0.0783. The summed E-state index contributed by atoms with van der Waals surface area (Å²) < 4.78 is 16.5. The average Bonchev–Trinajstić information content (AvgIpc) is 3.30. The standard InChI is InChI=1S/C21H30N4O3S2/c1-7-30(28,16-11-22-19(29-16)21(5,6)27)25-20(26)24-18-14-9-8-10-15(14)23-13(4)17(18)12(2)3/h7,11-12,27H,8-10H2,1-6H3,(H2,23,24,25,26,28). The number of amides is 2. The van der Waals surface area contributed by atoms with Crippen molar-refractivity contribution in [1.82, 2.24) is 14.7 Å². The van der Waals surface area contributed by atoms with Gasteiger partial charge in [-0.1, -0.05) is 13.8 Å². The van der Waals surface area contributed by atoms with E-state index in [1.807, 2.05) is 6.92 Å². The van der Waals surface area contributed by atoms with Gasteiger partial charge in [-0.15, -0.1) is 11.3 Å². The number of aromatic nitrogens is 2. The van der Waals surface area contributed by atoms with Crippen molar-refractivity contribution in [1.29, 1.82) is 0 Å². The first-order chi connectivity index (χ1) is 14.0. The van der Waals surface area contributed by atoms with Gasteiger partial charge in [0, 0.05) is 11.4 Å². The number of hydrogen-bond acceptors (Lipinski definition) is 6. The molecule has 2 aromatic heterocycles. The van der Waals surface area contributed by atoms with Gasteiger partial charge < -0.3 is 10.4 Å². The number of carbonyl (C=O) groups is 1. The highest BCUT2D eigenvalue weighted by atomic mass is 32.2. The number of hydrogen-bond donors (Lipinski definition) is 3. The number of urea groups is 1. The Kier molecular flexibility index (Phi) is 6.27. The summed E-state index contributed by atoms with van der Waals surface area (Å²) in [6, 6.07) is -0.530. The highest BCUT2D eigenvalue weighted by Crippen LogP contribution is 2.36. The van der Waals surface area contributed by atoms with E-state index in [4.69, 9.17) is 4.98 Å². The first-order valence-electron chi connectivity index (χ1n) is 10.1. The van der Waals surface area contributed by atoms with Crippen molar-refractivity contribution < 1.29 is 14.1 Å². The van der Waals surface area contributed by atoms with Gasteiger partial charge >= 0.3 is 6.03 Å². The van der Waals surface area contributed by atoms with Crippen LogP contribution in [0.2, 0.25) is 0 Å². The van der Waals surface area contributed by atoms with Crippen LogP contribution in [0, 0.1) is 6.92 Å². The van der Waals surface area contributed by atoms with Crippen molar-refractivity contribution in [2.45, 2.75) is 76.5 Å². The molecule has 3 N–H and O–H groups in total. The van der Waals surface area contributed by atoms with E-state index in [-0.39, 0.29) is 5.92 Å². The number of aryl methyl sites for hydroxylation is 2. The molecule has 0 aliphatic heterocycles. The number of aliphatic hydroxyl groups is 1. The highest BCUT2D eigenvalue weighted by molar-refractivity contribution is 8.01. The number of nitrogens with zero attached hydrogens (tertiary/aromatic N) is 2. The zero-order chi connectivity index (χ0) is 22.3. The molecule has 0 saturated carbocycles. The van der Waals surface area contributed by atoms with E-state index in [0.717, 1.165) is 58.8 Å². The Labute approximate surface area is 182 Å². The molecule has 0 saturated heterocycles. The molecular formula is C21H30N4O3S2. The summed E-state index contributed by atoms with van der Waals surface area (Å²) in [6.07, 6.45) is 4.25. The van der Waals surface area contributed by atoms with Gasteiger partial charge in [0.15, 0.2) is 0 Å². The van der Waals surface area contributed by atoms with Crippen LogP contribution in [0.4, 0.5) is 10.5 Å². The van der Waals surface area contributed by atoms with Crippen LogP contribution in [-0.2, 0) is 28.2 Å². The molecular weight excluding hydrogens is 420 g/mol. The maximum Gasteiger partial charge on any atom is 0.330 e. The van der Waals surface area contributed by atoms with Crippen LogP contribution in [0.25, 0.3) is 0 Å². The topological polar surface area (TPSA) is 104 Å². The quantitative estimate of drug-likeness (QED) is 0.600. The van der Waals surface area contributed by atoms with Crippen molar-refractivity contribution in [2.75, 3.05) is 5.32 Å². The molecule has 1 aliphatic rings. The van der Waals surface area contributed by atoms with Crippen LogP contribution in [0.3, 0.4) is 0 Å². The number of pyridine rings is 1. The van der Waals surface area contributed by atoms with E-state index < -0.39 is 21.3 Å². The van der Waals surface area contributed by atoms with Crippen molar-refractivity contribution >= 4 is 38.1 Å². The third-order valence-electron chi connectivity index (χ3n) is 5.15. The van der Waals surface area contributed by atoms with E-state index in [1.165, 1.54) is 11.6 Å². The molecule has 30 heavy (non-hydrogen) atoms. The van der Waals surface area contributed by atoms with Gasteiger partial charge in [-0.05, 0) is 69.4 Å². The second-order valence-corrected chi connectivity index (χ2v) is 12.0. The lowest BCUT2D eigenvalue weighted by atomic mass is 9.96. The molecule has 2 aromatic rings. The van der Waals surface area contributed by atoms with Crippen molar-refractivity contribution in [3.63, 3.8) is 0 Å². The molecule has 2 amide bonds. The van der Waals surface area contributed by atoms with Crippen LogP contribution in [0.5, 0.6) is 0 Å².